The van der Waals surface area contributed by atoms with E-state index in [1.54, 1.807) is 11.9 Å². The molecule has 6 heteroatoms. The zero-order valence-electron chi connectivity index (χ0n) is 15.8. The van der Waals surface area contributed by atoms with Crippen LogP contribution in [0.4, 0.5) is 0 Å². The zero-order valence-corrected chi connectivity index (χ0v) is 15.8. The number of aryl methyl sites for hydroxylation is 1. The van der Waals surface area contributed by atoms with Crippen molar-refractivity contribution in [3.8, 4) is 17.1 Å². The van der Waals surface area contributed by atoms with E-state index in [9.17, 15) is 4.79 Å². The standard InChI is InChI=1S/C21H23N3O3/c1-4-18(26-17-8-6-5-7-9-17)21(25)24(3)14-19-22-20(23-27-19)16-12-10-15(2)11-13-16/h5-13,18H,4,14H2,1-3H3/t18-/m0/s1. The third kappa shape index (κ3) is 4.73. The predicted octanol–water partition coefficient (Wildman–Crippen LogP) is 3.86. The van der Waals surface area contributed by atoms with Gasteiger partial charge in [0.15, 0.2) is 6.10 Å². The lowest BCUT2D eigenvalue weighted by Crippen LogP contribution is -2.39. The first kappa shape index (κ1) is 18.6. The number of rotatable bonds is 7. The molecule has 0 spiro atoms. The van der Waals surface area contributed by atoms with Crippen molar-refractivity contribution >= 4 is 5.91 Å². The molecule has 0 radical (unpaired) electrons. The second-order valence-corrected chi connectivity index (χ2v) is 6.40. The molecule has 0 bridgehead atoms. The Hall–Kier alpha value is -3.15. The largest absolute Gasteiger partial charge is 0.481 e. The Morgan fingerprint density at radius 1 is 1.15 bits per heavy atom. The van der Waals surface area contributed by atoms with Gasteiger partial charge in [-0.05, 0) is 25.5 Å². The van der Waals surface area contributed by atoms with Crippen LogP contribution in [0.2, 0.25) is 0 Å². The maximum atomic E-state index is 12.7. The summed E-state index contributed by atoms with van der Waals surface area (Å²) in [6, 6.07) is 17.2. The molecule has 0 fully saturated rings. The molecule has 3 rings (SSSR count). The van der Waals surface area contributed by atoms with Crippen LogP contribution >= 0.6 is 0 Å². The van der Waals surface area contributed by atoms with Crippen molar-refractivity contribution in [3.05, 3.63) is 66.1 Å². The first-order valence-corrected chi connectivity index (χ1v) is 8.93. The summed E-state index contributed by atoms with van der Waals surface area (Å²) in [5.74, 6) is 1.44. The van der Waals surface area contributed by atoms with Crippen molar-refractivity contribution in [3.63, 3.8) is 0 Å². The Labute approximate surface area is 158 Å². The fourth-order valence-corrected chi connectivity index (χ4v) is 2.64. The molecule has 0 aliphatic heterocycles. The minimum atomic E-state index is -0.558. The minimum absolute atomic E-state index is 0.128. The van der Waals surface area contributed by atoms with E-state index in [1.165, 1.54) is 0 Å². The van der Waals surface area contributed by atoms with Crippen LogP contribution in [0.1, 0.15) is 24.8 Å². The van der Waals surface area contributed by atoms with Gasteiger partial charge in [-0.25, -0.2) is 0 Å². The van der Waals surface area contributed by atoms with Gasteiger partial charge in [0.05, 0.1) is 6.54 Å². The Morgan fingerprint density at radius 3 is 2.52 bits per heavy atom. The van der Waals surface area contributed by atoms with E-state index in [0.29, 0.717) is 23.9 Å². The summed E-state index contributed by atoms with van der Waals surface area (Å²) in [7, 11) is 1.70. The van der Waals surface area contributed by atoms with Crippen LogP contribution in [0.5, 0.6) is 5.75 Å². The Bertz CT molecular complexity index is 875. The molecule has 0 saturated carbocycles. The summed E-state index contributed by atoms with van der Waals surface area (Å²) in [4.78, 5) is 18.6. The highest BCUT2D eigenvalue weighted by Gasteiger charge is 2.24. The molecular formula is C21H23N3O3. The molecule has 1 atom stereocenters. The van der Waals surface area contributed by atoms with Gasteiger partial charge in [-0.3, -0.25) is 4.79 Å². The maximum Gasteiger partial charge on any atom is 0.263 e. The Kier molecular flexibility index (Phi) is 5.86. The van der Waals surface area contributed by atoms with Crippen LogP contribution in [-0.2, 0) is 11.3 Å². The molecule has 1 aromatic heterocycles. The van der Waals surface area contributed by atoms with Crippen LogP contribution in [0.15, 0.2) is 59.1 Å². The normalized spacial score (nSPS) is 11.8. The van der Waals surface area contributed by atoms with Gasteiger partial charge in [-0.1, -0.05) is 60.1 Å². The summed E-state index contributed by atoms with van der Waals surface area (Å²) in [5.41, 5.74) is 2.04. The summed E-state index contributed by atoms with van der Waals surface area (Å²) >= 11 is 0. The fourth-order valence-electron chi connectivity index (χ4n) is 2.64. The first-order valence-electron chi connectivity index (χ1n) is 8.93. The number of carbonyl (C=O) groups excluding carboxylic acids is 1. The van der Waals surface area contributed by atoms with E-state index < -0.39 is 6.10 Å². The van der Waals surface area contributed by atoms with Gasteiger partial charge in [0, 0.05) is 12.6 Å². The second kappa shape index (κ2) is 8.49. The van der Waals surface area contributed by atoms with Gasteiger partial charge >= 0.3 is 0 Å². The van der Waals surface area contributed by atoms with Crippen molar-refractivity contribution in [2.24, 2.45) is 0 Å². The van der Waals surface area contributed by atoms with Crippen molar-refractivity contribution in [2.75, 3.05) is 7.05 Å². The Morgan fingerprint density at radius 2 is 1.85 bits per heavy atom. The maximum absolute atomic E-state index is 12.7. The van der Waals surface area contributed by atoms with Gasteiger partial charge < -0.3 is 14.2 Å². The third-order valence-corrected chi connectivity index (χ3v) is 4.19. The highest BCUT2D eigenvalue weighted by Crippen LogP contribution is 2.18. The number of carbonyl (C=O) groups is 1. The lowest BCUT2D eigenvalue weighted by atomic mass is 10.1. The quantitative estimate of drug-likeness (QED) is 0.636. The van der Waals surface area contributed by atoms with Crippen LogP contribution in [0.3, 0.4) is 0 Å². The molecule has 2 aromatic carbocycles. The summed E-state index contributed by atoms with van der Waals surface area (Å²) in [6.45, 7) is 4.17. The van der Waals surface area contributed by atoms with E-state index in [4.69, 9.17) is 9.26 Å². The average Bonchev–Trinajstić information content (AvgIpc) is 3.15. The molecule has 0 aliphatic carbocycles. The molecule has 6 nitrogen and oxygen atoms in total. The Balaban J connectivity index is 1.64. The molecule has 0 saturated heterocycles. The number of likely N-dealkylation sites (N-methyl/N-ethyl adjacent to an activating group) is 1. The lowest BCUT2D eigenvalue weighted by Gasteiger charge is -2.22. The van der Waals surface area contributed by atoms with Crippen LogP contribution in [0.25, 0.3) is 11.4 Å². The van der Waals surface area contributed by atoms with E-state index in [1.807, 2.05) is 68.4 Å². The van der Waals surface area contributed by atoms with E-state index in [2.05, 4.69) is 10.1 Å². The van der Waals surface area contributed by atoms with Crippen molar-refractivity contribution < 1.29 is 14.1 Å². The highest BCUT2D eigenvalue weighted by atomic mass is 16.5. The number of para-hydroxylation sites is 1. The zero-order chi connectivity index (χ0) is 19.2. The van der Waals surface area contributed by atoms with Gasteiger partial charge in [0.25, 0.3) is 5.91 Å². The highest BCUT2D eigenvalue weighted by molar-refractivity contribution is 5.80. The molecule has 0 N–H and O–H groups in total. The monoisotopic (exact) mass is 365 g/mol. The first-order chi connectivity index (χ1) is 13.1. The van der Waals surface area contributed by atoms with Crippen molar-refractivity contribution in [1.29, 1.82) is 0 Å². The summed E-state index contributed by atoms with van der Waals surface area (Å²) in [6.07, 6.45) is 0.00755. The summed E-state index contributed by atoms with van der Waals surface area (Å²) < 4.78 is 11.1. The predicted molar refractivity (Wildman–Crippen MR) is 102 cm³/mol. The number of hydrogen-bond donors (Lipinski definition) is 0. The van der Waals surface area contributed by atoms with Gasteiger partial charge in [-0.2, -0.15) is 4.98 Å². The number of nitrogens with zero attached hydrogens (tertiary/aromatic N) is 3. The molecule has 27 heavy (non-hydrogen) atoms. The molecule has 0 unspecified atom stereocenters. The molecule has 140 valence electrons. The number of benzene rings is 2. The second-order valence-electron chi connectivity index (χ2n) is 6.40. The SMILES string of the molecule is CC[C@H](Oc1ccccc1)C(=O)N(C)Cc1nc(-c2ccc(C)cc2)no1. The van der Waals surface area contributed by atoms with Crippen LogP contribution in [0, 0.1) is 6.92 Å². The summed E-state index contributed by atoms with van der Waals surface area (Å²) in [5, 5.41) is 4.01. The molecule has 1 heterocycles. The topological polar surface area (TPSA) is 68.5 Å². The van der Waals surface area contributed by atoms with Gasteiger partial charge in [0.1, 0.15) is 5.75 Å². The van der Waals surface area contributed by atoms with Crippen LogP contribution in [-0.4, -0.2) is 34.1 Å². The number of amides is 1. The fraction of sp³-hybridized carbons (Fsp3) is 0.286. The smallest absolute Gasteiger partial charge is 0.263 e. The number of hydrogen-bond acceptors (Lipinski definition) is 5. The lowest BCUT2D eigenvalue weighted by molar-refractivity contribution is -0.138. The number of aromatic nitrogens is 2. The number of ether oxygens (including phenoxy) is 1. The molecule has 1 amide bonds. The molecule has 3 aromatic rings. The van der Waals surface area contributed by atoms with E-state index >= 15 is 0 Å². The van der Waals surface area contributed by atoms with Gasteiger partial charge in [-0.15, -0.1) is 0 Å². The van der Waals surface area contributed by atoms with Crippen molar-refractivity contribution in [1.82, 2.24) is 15.0 Å². The molecular weight excluding hydrogens is 342 g/mol. The third-order valence-electron chi connectivity index (χ3n) is 4.19. The van der Waals surface area contributed by atoms with Crippen LogP contribution < -0.4 is 4.74 Å². The van der Waals surface area contributed by atoms with Gasteiger partial charge in [0.2, 0.25) is 11.7 Å². The minimum Gasteiger partial charge on any atom is -0.481 e. The molecule has 0 aliphatic rings. The van der Waals surface area contributed by atoms with E-state index in [-0.39, 0.29) is 12.5 Å². The average molecular weight is 365 g/mol. The van der Waals surface area contributed by atoms with E-state index in [0.717, 1.165) is 11.1 Å². The van der Waals surface area contributed by atoms with Crippen molar-refractivity contribution in [2.45, 2.75) is 32.9 Å².